The van der Waals surface area contributed by atoms with Crippen LogP contribution in [0.15, 0.2) is 0 Å². The average Bonchev–Trinajstić information content (AvgIpc) is 2.75. The van der Waals surface area contributed by atoms with Crippen molar-refractivity contribution in [1.29, 1.82) is 0 Å². The zero-order chi connectivity index (χ0) is 12.3. The van der Waals surface area contributed by atoms with E-state index in [1.807, 2.05) is 0 Å². The van der Waals surface area contributed by atoms with Gasteiger partial charge in [-0.1, -0.05) is 0 Å². The van der Waals surface area contributed by atoms with Gasteiger partial charge in [0.25, 0.3) is 0 Å². The molecule has 1 fully saturated rings. The third-order valence-corrected chi connectivity index (χ3v) is 3.60. The van der Waals surface area contributed by atoms with Crippen LogP contribution in [-0.2, 0) is 0 Å². The van der Waals surface area contributed by atoms with E-state index in [1.54, 1.807) is 11.8 Å². The molecule has 0 spiro atoms. The van der Waals surface area contributed by atoms with Gasteiger partial charge in [-0.3, -0.25) is 5.32 Å². The highest BCUT2D eigenvalue weighted by atomic mass is 32.1. The van der Waals surface area contributed by atoms with E-state index in [-0.39, 0.29) is 6.03 Å². The van der Waals surface area contributed by atoms with Crippen molar-refractivity contribution in [1.82, 2.24) is 14.3 Å². The number of piperidine rings is 1. The normalized spacial score (nSPS) is 20.4. The summed E-state index contributed by atoms with van der Waals surface area (Å²) in [6.45, 7) is 3.97. The number of amides is 2. The Morgan fingerprint density at radius 1 is 1.71 bits per heavy atom. The summed E-state index contributed by atoms with van der Waals surface area (Å²) in [6, 6.07) is -0.0979. The van der Waals surface area contributed by atoms with Crippen molar-refractivity contribution in [3.63, 3.8) is 0 Å². The van der Waals surface area contributed by atoms with Gasteiger partial charge in [0.05, 0.1) is 0 Å². The minimum atomic E-state index is -0.0979. The fraction of sp³-hybridized carbons (Fsp3) is 0.700. The van der Waals surface area contributed by atoms with Crippen LogP contribution in [0, 0.1) is 12.8 Å². The van der Waals surface area contributed by atoms with Crippen LogP contribution in [0.3, 0.4) is 0 Å². The molecule has 94 valence electrons. The number of rotatable bonds is 2. The van der Waals surface area contributed by atoms with Gasteiger partial charge in [-0.15, -0.1) is 0 Å². The summed E-state index contributed by atoms with van der Waals surface area (Å²) >= 11 is 1.20. The maximum absolute atomic E-state index is 12.0. The predicted molar refractivity (Wildman–Crippen MR) is 67.0 cm³/mol. The van der Waals surface area contributed by atoms with Crippen molar-refractivity contribution in [3.8, 4) is 0 Å². The standard InChI is InChI=1S/C10H17N5OS/c1-7-12-9(17-14-7)13-10(16)15-4-2-3-8(5-11)6-15/h8H,2-6,11H2,1H3,(H,12,13,14,16)/t8-/m1/s1. The molecule has 0 bridgehead atoms. The Labute approximate surface area is 104 Å². The first-order valence-corrected chi connectivity index (χ1v) is 6.52. The number of anilines is 1. The Kier molecular flexibility index (Phi) is 3.90. The van der Waals surface area contributed by atoms with E-state index in [4.69, 9.17) is 5.73 Å². The third-order valence-electron chi connectivity index (χ3n) is 2.88. The van der Waals surface area contributed by atoms with Crippen LogP contribution in [0.2, 0.25) is 0 Å². The molecule has 2 heterocycles. The molecule has 3 N–H and O–H groups in total. The maximum atomic E-state index is 12.0. The smallest absolute Gasteiger partial charge is 0.323 e. The van der Waals surface area contributed by atoms with Crippen molar-refractivity contribution in [2.75, 3.05) is 25.0 Å². The lowest BCUT2D eigenvalue weighted by Crippen LogP contribution is -2.44. The van der Waals surface area contributed by atoms with Crippen LogP contribution < -0.4 is 11.1 Å². The molecule has 0 aliphatic carbocycles. The zero-order valence-electron chi connectivity index (χ0n) is 9.85. The predicted octanol–water partition coefficient (Wildman–Crippen LogP) is 1.05. The summed E-state index contributed by atoms with van der Waals surface area (Å²) in [5, 5.41) is 3.33. The highest BCUT2D eigenvalue weighted by Gasteiger charge is 2.23. The van der Waals surface area contributed by atoms with Gasteiger partial charge in [-0.25, -0.2) is 9.78 Å². The molecule has 2 amide bonds. The van der Waals surface area contributed by atoms with Gasteiger partial charge < -0.3 is 10.6 Å². The summed E-state index contributed by atoms with van der Waals surface area (Å²) in [6.07, 6.45) is 2.13. The maximum Gasteiger partial charge on any atom is 0.323 e. The number of likely N-dealkylation sites (tertiary alicyclic amines) is 1. The number of nitrogens with zero attached hydrogens (tertiary/aromatic N) is 3. The second-order valence-electron chi connectivity index (χ2n) is 4.27. The molecule has 0 saturated carbocycles. The molecular formula is C10H17N5OS. The summed E-state index contributed by atoms with van der Waals surface area (Å²) in [5.74, 6) is 1.11. The minimum absolute atomic E-state index is 0.0979. The Balaban J connectivity index is 1.91. The highest BCUT2D eigenvalue weighted by Crippen LogP contribution is 2.17. The van der Waals surface area contributed by atoms with Crippen LogP contribution in [0.1, 0.15) is 18.7 Å². The molecule has 0 radical (unpaired) electrons. The molecule has 0 aromatic carbocycles. The molecule has 2 rings (SSSR count). The lowest BCUT2D eigenvalue weighted by molar-refractivity contribution is 0.179. The highest BCUT2D eigenvalue weighted by molar-refractivity contribution is 7.09. The third kappa shape index (κ3) is 3.13. The number of carbonyl (C=O) groups is 1. The molecule has 1 saturated heterocycles. The van der Waals surface area contributed by atoms with Crippen molar-refractivity contribution in [2.24, 2.45) is 11.7 Å². The van der Waals surface area contributed by atoms with E-state index in [2.05, 4.69) is 14.7 Å². The number of nitrogens with one attached hydrogen (secondary N) is 1. The van der Waals surface area contributed by atoms with E-state index >= 15 is 0 Å². The Morgan fingerprint density at radius 2 is 2.53 bits per heavy atom. The van der Waals surface area contributed by atoms with E-state index in [0.29, 0.717) is 23.4 Å². The lowest BCUT2D eigenvalue weighted by Gasteiger charge is -2.31. The summed E-state index contributed by atoms with van der Waals surface area (Å²) in [4.78, 5) is 17.9. The topological polar surface area (TPSA) is 84.1 Å². The van der Waals surface area contributed by atoms with Gasteiger partial charge in [0, 0.05) is 24.6 Å². The van der Waals surface area contributed by atoms with Crippen molar-refractivity contribution in [2.45, 2.75) is 19.8 Å². The molecule has 17 heavy (non-hydrogen) atoms. The van der Waals surface area contributed by atoms with Crippen LogP contribution >= 0.6 is 11.5 Å². The summed E-state index contributed by atoms with van der Waals surface area (Å²) < 4.78 is 4.02. The Morgan fingerprint density at radius 3 is 3.18 bits per heavy atom. The van der Waals surface area contributed by atoms with Crippen molar-refractivity contribution < 1.29 is 4.79 Å². The second-order valence-corrected chi connectivity index (χ2v) is 5.02. The molecule has 6 nitrogen and oxygen atoms in total. The van der Waals surface area contributed by atoms with Gasteiger partial charge in [0.15, 0.2) is 0 Å². The van der Waals surface area contributed by atoms with Gasteiger partial charge in [0.2, 0.25) is 5.13 Å². The number of nitrogens with two attached hydrogens (primary N) is 1. The van der Waals surface area contributed by atoms with Gasteiger partial charge in [-0.05, 0) is 32.2 Å². The van der Waals surface area contributed by atoms with Crippen LogP contribution in [0.25, 0.3) is 0 Å². The number of carbonyl (C=O) groups excluding carboxylic acids is 1. The SMILES string of the molecule is Cc1nsc(NC(=O)N2CCC[C@H](CN)C2)n1. The van der Waals surface area contributed by atoms with E-state index in [1.165, 1.54) is 11.5 Å². The molecule has 1 aromatic heterocycles. The fourth-order valence-corrected chi connectivity index (χ4v) is 2.53. The Hall–Kier alpha value is -1.21. The summed E-state index contributed by atoms with van der Waals surface area (Å²) in [7, 11) is 0. The summed E-state index contributed by atoms with van der Waals surface area (Å²) in [5.41, 5.74) is 5.64. The molecule has 1 aliphatic rings. The molecule has 1 aromatic rings. The first kappa shape index (κ1) is 12.3. The number of urea groups is 1. The lowest BCUT2D eigenvalue weighted by atomic mass is 9.99. The van der Waals surface area contributed by atoms with Crippen LogP contribution in [0.5, 0.6) is 0 Å². The number of aryl methyl sites for hydroxylation is 1. The van der Waals surface area contributed by atoms with Crippen molar-refractivity contribution >= 4 is 22.7 Å². The molecule has 0 unspecified atom stereocenters. The van der Waals surface area contributed by atoms with E-state index in [9.17, 15) is 4.79 Å². The number of hydrogen-bond acceptors (Lipinski definition) is 5. The minimum Gasteiger partial charge on any atom is -0.330 e. The first-order valence-electron chi connectivity index (χ1n) is 5.75. The van der Waals surface area contributed by atoms with Gasteiger partial charge >= 0.3 is 6.03 Å². The average molecular weight is 255 g/mol. The molecule has 1 aliphatic heterocycles. The number of aromatic nitrogens is 2. The molecule has 7 heteroatoms. The van der Waals surface area contributed by atoms with E-state index in [0.717, 1.165) is 25.9 Å². The number of hydrogen-bond donors (Lipinski definition) is 2. The van der Waals surface area contributed by atoms with Gasteiger partial charge in [0.1, 0.15) is 5.82 Å². The molecular weight excluding hydrogens is 238 g/mol. The van der Waals surface area contributed by atoms with Crippen molar-refractivity contribution in [3.05, 3.63) is 5.82 Å². The van der Waals surface area contributed by atoms with Crippen LogP contribution in [0.4, 0.5) is 9.93 Å². The van der Waals surface area contributed by atoms with Gasteiger partial charge in [-0.2, -0.15) is 4.37 Å². The Bertz CT molecular complexity index is 394. The second kappa shape index (κ2) is 5.42. The fourth-order valence-electron chi connectivity index (χ4n) is 1.96. The largest absolute Gasteiger partial charge is 0.330 e. The first-order chi connectivity index (χ1) is 8.19. The zero-order valence-corrected chi connectivity index (χ0v) is 10.7. The van der Waals surface area contributed by atoms with E-state index < -0.39 is 0 Å². The monoisotopic (exact) mass is 255 g/mol. The van der Waals surface area contributed by atoms with Crippen LogP contribution in [-0.4, -0.2) is 39.9 Å². The quantitative estimate of drug-likeness (QED) is 0.827. The molecule has 1 atom stereocenters.